The van der Waals surface area contributed by atoms with Gasteiger partial charge in [-0.2, -0.15) is 9.61 Å². The average Bonchev–Trinajstić information content (AvgIpc) is 3.07. The number of hydrogen-bond acceptors (Lipinski definition) is 10. The Morgan fingerprint density at radius 2 is 2.11 bits per heavy atom. The summed E-state index contributed by atoms with van der Waals surface area (Å²) in [6, 6.07) is 2.51. The predicted octanol–water partition coefficient (Wildman–Crippen LogP) is 0.436. The van der Waals surface area contributed by atoms with Crippen LogP contribution in [-0.2, 0) is 4.79 Å². The molecular formula is C16H21N9O2. The molecule has 0 bridgehead atoms. The average molecular weight is 371 g/mol. The normalized spacial score (nSPS) is 11.9. The van der Waals surface area contributed by atoms with Gasteiger partial charge in [-0.1, -0.05) is 0 Å². The number of nitrogens with one attached hydrogen (secondary N) is 3. The summed E-state index contributed by atoms with van der Waals surface area (Å²) in [5, 5.41) is 22.5. The van der Waals surface area contributed by atoms with Gasteiger partial charge in [0.05, 0.1) is 24.2 Å². The second-order valence-corrected chi connectivity index (χ2v) is 5.71. The van der Waals surface area contributed by atoms with Crippen LogP contribution in [0, 0.1) is 0 Å². The SMILES string of the molecule is CCNc1ccnc2c(Nc3nc(NC(C=O)CO)c(N)cc3N)cnn12. The minimum atomic E-state index is -0.822. The Labute approximate surface area is 154 Å². The number of pyridine rings is 1. The Balaban J connectivity index is 1.95. The van der Waals surface area contributed by atoms with Crippen molar-refractivity contribution in [1.82, 2.24) is 19.6 Å². The number of aromatic nitrogens is 4. The van der Waals surface area contributed by atoms with Crippen molar-refractivity contribution >= 4 is 46.4 Å². The Kier molecular flexibility index (Phi) is 5.22. The van der Waals surface area contributed by atoms with Crippen LogP contribution >= 0.6 is 0 Å². The number of carbonyl (C=O) groups is 1. The number of aldehydes is 1. The molecule has 0 aliphatic heterocycles. The summed E-state index contributed by atoms with van der Waals surface area (Å²) in [4.78, 5) is 19.6. The van der Waals surface area contributed by atoms with Crippen LogP contribution < -0.4 is 27.4 Å². The van der Waals surface area contributed by atoms with Crippen LogP contribution in [0.2, 0.25) is 0 Å². The fraction of sp³-hybridized carbons (Fsp3) is 0.250. The maximum absolute atomic E-state index is 10.9. The van der Waals surface area contributed by atoms with Crippen LogP contribution in [0.5, 0.6) is 0 Å². The first-order valence-corrected chi connectivity index (χ1v) is 8.29. The highest BCUT2D eigenvalue weighted by Crippen LogP contribution is 2.29. The molecule has 0 saturated heterocycles. The summed E-state index contributed by atoms with van der Waals surface area (Å²) in [6.07, 6.45) is 3.85. The number of anilines is 6. The van der Waals surface area contributed by atoms with E-state index >= 15 is 0 Å². The number of aliphatic hydroxyl groups excluding tert-OH is 1. The highest BCUT2D eigenvalue weighted by Gasteiger charge is 2.15. The lowest BCUT2D eigenvalue weighted by molar-refractivity contribution is -0.109. The van der Waals surface area contributed by atoms with Gasteiger partial charge in [-0.15, -0.1) is 0 Å². The van der Waals surface area contributed by atoms with E-state index in [-0.39, 0.29) is 18.1 Å². The van der Waals surface area contributed by atoms with Gasteiger partial charge < -0.3 is 37.3 Å². The van der Waals surface area contributed by atoms with Crippen molar-refractivity contribution in [3.05, 3.63) is 24.5 Å². The van der Waals surface area contributed by atoms with Crippen LogP contribution in [0.4, 0.5) is 34.5 Å². The minimum Gasteiger partial charge on any atom is -0.396 e. The maximum atomic E-state index is 10.9. The Morgan fingerprint density at radius 1 is 1.33 bits per heavy atom. The molecule has 0 aromatic carbocycles. The third kappa shape index (κ3) is 3.67. The van der Waals surface area contributed by atoms with Crippen LogP contribution in [0.1, 0.15) is 6.92 Å². The van der Waals surface area contributed by atoms with Crippen molar-refractivity contribution in [2.45, 2.75) is 13.0 Å². The van der Waals surface area contributed by atoms with E-state index in [0.717, 1.165) is 12.4 Å². The second kappa shape index (κ2) is 7.74. The topological polar surface area (TPSA) is 169 Å². The summed E-state index contributed by atoms with van der Waals surface area (Å²) >= 11 is 0. The summed E-state index contributed by atoms with van der Waals surface area (Å²) in [5.74, 6) is 1.35. The van der Waals surface area contributed by atoms with Crippen molar-refractivity contribution in [1.29, 1.82) is 0 Å². The lowest BCUT2D eigenvalue weighted by atomic mass is 10.3. The zero-order valence-electron chi connectivity index (χ0n) is 14.7. The molecule has 0 amide bonds. The highest BCUT2D eigenvalue weighted by atomic mass is 16.3. The second-order valence-electron chi connectivity index (χ2n) is 5.71. The number of nitrogens with zero attached hydrogens (tertiary/aromatic N) is 4. The monoisotopic (exact) mass is 371 g/mol. The van der Waals surface area contributed by atoms with Gasteiger partial charge in [-0.3, -0.25) is 0 Å². The van der Waals surface area contributed by atoms with E-state index in [1.54, 1.807) is 16.9 Å². The molecular weight excluding hydrogens is 350 g/mol. The van der Waals surface area contributed by atoms with Gasteiger partial charge in [0.2, 0.25) is 0 Å². The Bertz CT molecular complexity index is 956. The van der Waals surface area contributed by atoms with E-state index in [9.17, 15) is 4.79 Å². The lowest BCUT2D eigenvalue weighted by Crippen LogP contribution is -2.26. The van der Waals surface area contributed by atoms with Crippen molar-refractivity contribution in [2.75, 3.05) is 40.6 Å². The summed E-state index contributed by atoms with van der Waals surface area (Å²) in [7, 11) is 0. The van der Waals surface area contributed by atoms with E-state index in [2.05, 4.69) is 31.0 Å². The van der Waals surface area contributed by atoms with Gasteiger partial charge in [-0.05, 0) is 19.1 Å². The highest BCUT2D eigenvalue weighted by molar-refractivity contribution is 5.82. The third-order valence-corrected chi connectivity index (χ3v) is 3.78. The van der Waals surface area contributed by atoms with E-state index in [0.29, 0.717) is 29.1 Å². The van der Waals surface area contributed by atoms with E-state index < -0.39 is 6.04 Å². The molecule has 0 aliphatic carbocycles. The van der Waals surface area contributed by atoms with Gasteiger partial charge in [0, 0.05) is 12.7 Å². The molecule has 0 saturated carbocycles. The van der Waals surface area contributed by atoms with Gasteiger partial charge in [0.1, 0.15) is 23.8 Å². The molecule has 1 atom stereocenters. The summed E-state index contributed by atoms with van der Waals surface area (Å²) in [6.45, 7) is 2.34. The molecule has 0 spiro atoms. The van der Waals surface area contributed by atoms with Gasteiger partial charge >= 0.3 is 0 Å². The van der Waals surface area contributed by atoms with Crippen molar-refractivity contribution in [3.8, 4) is 0 Å². The van der Waals surface area contributed by atoms with E-state index in [1.165, 1.54) is 6.07 Å². The quantitative estimate of drug-likeness (QED) is 0.305. The molecule has 11 heteroatoms. The first-order chi connectivity index (χ1) is 13.1. The number of aliphatic hydroxyl groups is 1. The molecule has 0 radical (unpaired) electrons. The van der Waals surface area contributed by atoms with Crippen LogP contribution in [0.15, 0.2) is 24.5 Å². The predicted molar refractivity (Wildman–Crippen MR) is 104 cm³/mol. The number of nitrogen functional groups attached to an aromatic ring is 2. The van der Waals surface area contributed by atoms with Crippen LogP contribution in [0.25, 0.3) is 5.65 Å². The van der Waals surface area contributed by atoms with Crippen molar-refractivity contribution in [3.63, 3.8) is 0 Å². The molecule has 3 heterocycles. The molecule has 3 aromatic rings. The number of rotatable bonds is 8. The van der Waals surface area contributed by atoms with Gasteiger partial charge in [0.15, 0.2) is 17.3 Å². The standard InChI is InChI=1S/C16H21N9O2/c1-2-19-13-3-4-20-16-12(6-21-25(13)16)23-15-11(18)5-10(17)14(24-15)22-9(7-26)8-27/h3-7,9,19,27H,2,8,17-18H2,1H3,(H2,22,23,24). The van der Waals surface area contributed by atoms with E-state index in [1.807, 2.05) is 13.0 Å². The van der Waals surface area contributed by atoms with Gasteiger partial charge in [0.25, 0.3) is 0 Å². The van der Waals surface area contributed by atoms with Crippen LogP contribution in [0.3, 0.4) is 0 Å². The number of nitrogens with two attached hydrogens (primary N) is 2. The Morgan fingerprint density at radius 3 is 2.81 bits per heavy atom. The first-order valence-electron chi connectivity index (χ1n) is 8.29. The minimum absolute atomic E-state index is 0.232. The number of hydrogen-bond donors (Lipinski definition) is 6. The van der Waals surface area contributed by atoms with Crippen LogP contribution in [-0.4, -0.2) is 50.2 Å². The first kappa shape index (κ1) is 18.2. The molecule has 3 aromatic heterocycles. The smallest absolute Gasteiger partial charge is 0.181 e. The number of carbonyl (C=O) groups excluding carboxylic acids is 1. The number of fused-ring (bicyclic) bond motifs is 1. The molecule has 8 N–H and O–H groups in total. The molecule has 0 aliphatic rings. The molecule has 142 valence electrons. The van der Waals surface area contributed by atoms with E-state index in [4.69, 9.17) is 16.6 Å². The molecule has 11 nitrogen and oxygen atoms in total. The zero-order valence-corrected chi connectivity index (χ0v) is 14.7. The fourth-order valence-corrected chi connectivity index (χ4v) is 2.48. The zero-order chi connectivity index (χ0) is 19.4. The van der Waals surface area contributed by atoms with Gasteiger partial charge in [-0.25, -0.2) is 9.97 Å². The Hall–Kier alpha value is -3.60. The summed E-state index contributed by atoms with van der Waals surface area (Å²) in [5.41, 5.74) is 13.7. The van der Waals surface area contributed by atoms with Crippen molar-refractivity contribution < 1.29 is 9.90 Å². The molecule has 1 unspecified atom stereocenters. The molecule has 3 rings (SSSR count). The maximum Gasteiger partial charge on any atom is 0.181 e. The van der Waals surface area contributed by atoms with Crippen molar-refractivity contribution in [2.24, 2.45) is 0 Å². The third-order valence-electron chi connectivity index (χ3n) is 3.78. The fourth-order valence-electron chi connectivity index (χ4n) is 2.48. The lowest BCUT2D eigenvalue weighted by Gasteiger charge is -2.15. The molecule has 0 fully saturated rings. The largest absolute Gasteiger partial charge is 0.396 e. The molecule has 27 heavy (non-hydrogen) atoms. The summed E-state index contributed by atoms with van der Waals surface area (Å²) < 4.78 is 1.66.